The predicted octanol–water partition coefficient (Wildman–Crippen LogP) is 2.82. The minimum Gasteiger partial charge on any atom is -0.497 e. The van der Waals surface area contributed by atoms with Gasteiger partial charge in [0.25, 0.3) is 0 Å². The summed E-state index contributed by atoms with van der Waals surface area (Å²) < 4.78 is 5.22. The summed E-state index contributed by atoms with van der Waals surface area (Å²) in [6.45, 7) is 0.490. The summed E-state index contributed by atoms with van der Waals surface area (Å²) in [4.78, 5) is 26.3. The van der Waals surface area contributed by atoms with E-state index in [-0.39, 0.29) is 24.0 Å². The molecule has 1 saturated heterocycles. The molecule has 1 aromatic rings. The summed E-state index contributed by atoms with van der Waals surface area (Å²) in [5.74, 6) is 0.737. The third kappa shape index (κ3) is 4.65. The number of amides is 3. The number of nitrogens with one attached hydrogen (secondary N) is 2. The average Bonchev–Trinajstić information content (AvgIpc) is 2.81. The molecular formula is C19H27N3O3. The molecule has 0 radical (unpaired) electrons. The number of urea groups is 1. The van der Waals surface area contributed by atoms with Gasteiger partial charge in [-0.1, -0.05) is 31.7 Å². The van der Waals surface area contributed by atoms with Crippen molar-refractivity contribution in [3.8, 4) is 5.75 Å². The van der Waals surface area contributed by atoms with Crippen molar-refractivity contribution in [1.29, 1.82) is 0 Å². The maximum Gasteiger partial charge on any atom is 0.315 e. The maximum absolute atomic E-state index is 12.3. The van der Waals surface area contributed by atoms with Gasteiger partial charge in [-0.15, -0.1) is 0 Å². The number of methoxy groups -OCH3 is 1. The third-order valence-electron chi connectivity index (χ3n) is 5.02. The Morgan fingerprint density at radius 1 is 1.12 bits per heavy atom. The molecule has 3 rings (SSSR count). The summed E-state index contributed by atoms with van der Waals surface area (Å²) in [6, 6.07) is 7.37. The SMILES string of the molecule is COc1cccc(N2C[C@@H](NC(=O)NC3CCCCCC3)CC2=O)c1. The van der Waals surface area contributed by atoms with Crippen molar-refractivity contribution in [2.75, 3.05) is 18.6 Å². The van der Waals surface area contributed by atoms with Gasteiger partial charge in [0.05, 0.1) is 13.2 Å². The van der Waals surface area contributed by atoms with Gasteiger partial charge in [0.15, 0.2) is 0 Å². The average molecular weight is 345 g/mol. The topological polar surface area (TPSA) is 70.7 Å². The Hall–Kier alpha value is -2.24. The summed E-state index contributed by atoms with van der Waals surface area (Å²) in [5, 5.41) is 6.04. The van der Waals surface area contributed by atoms with Gasteiger partial charge >= 0.3 is 6.03 Å². The summed E-state index contributed by atoms with van der Waals surface area (Å²) in [5.41, 5.74) is 0.804. The van der Waals surface area contributed by atoms with Gasteiger partial charge in [-0.25, -0.2) is 4.79 Å². The highest BCUT2D eigenvalue weighted by atomic mass is 16.5. The zero-order valence-corrected chi connectivity index (χ0v) is 14.8. The van der Waals surface area contributed by atoms with E-state index in [4.69, 9.17) is 4.74 Å². The molecule has 1 saturated carbocycles. The van der Waals surface area contributed by atoms with E-state index in [1.165, 1.54) is 25.7 Å². The quantitative estimate of drug-likeness (QED) is 0.825. The second-order valence-electron chi connectivity index (χ2n) is 6.91. The minimum atomic E-state index is -0.163. The summed E-state index contributed by atoms with van der Waals surface area (Å²) in [7, 11) is 1.60. The molecule has 2 fully saturated rings. The lowest BCUT2D eigenvalue weighted by Gasteiger charge is -2.20. The lowest BCUT2D eigenvalue weighted by molar-refractivity contribution is -0.117. The van der Waals surface area contributed by atoms with Crippen molar-refractivity contribution in [1.82, 2.24) is 10.6 Å². The van der Waals surface area contributed by atoms with Gasteiger partial charge in [0.1, 0.15) is 5.75 Å². The van der Waals surface area contributed by atoms with E-state index in [1.807, 2.05) is 24.3 Å². The van der Waals surface area contributed by atoms with Crippen molar-refractivity contribution in [3.05, 3.63) is 24.3 Å². The van der Waals surface area contributed by atoms with E-state index in [0.29, 0.717) is 18.7 Å². The molecule has 1 aromatic carbocycles. The molecule has 136 valence electrons. The second kappa shape index (κ2) is 8.23. The highest BCUT2D eigenvalue weighted by molar-refractivity contribution is 5.97. The third-order valence-corrected chi connectivity index (χ3v) is 5.02. The highest BCUT2D eigenvalue weighted by Gasteiger charge is 2.32. The van der Waals surface area contributed by atoms with Crippen molar-refractivity contribution >= 4 is 17.6 Å². The maximum atomic E-state index is 12.3. The van der Waals surface area contributed by atoms with Crippen LogP contribution in [0, 0.1) is 0 Å². The number of anilines is 1. The van der Waals surface area contributed by atoms with Crippen LogP contribution in [0.3, 0.4) is 0 Å². The van der Waals surface area contributed by atoms with Gasteiger partial charge in [-0.05, 0) is 25.0 Å². The predicted molar refractivity (Wildman–Crippen MR) is 96.9 cm³/mol. The Bertz CT molecular complexity index is 612. The zero-order valence-electron chi connectivity index (χ0n) is 14.8. The fourth-order valence-corrected chi connectivity index (χ4v) is 3.67. The highest BCUT2D eigenvalue weighted by Crippen LogP contribution is 2.25. The van der Waals surface area contributed by atoms with Gasteiger partial charge in [0, 0.05) is 30.8 Å². The molecule has 2 N–H and O–H groups in total. The number of carbonyl (C=O) groups excluding carboxylic acids is 2. The van der Waals surface area contributed by atoms with Crippen LogP contribution in [0.2, 0.25) is 0 Å². The largest absolute Gasteiger partial charge is 0.497 e. The van der Waals surface area contributed by atoms with E-state index < -0.39 is 0 Å². The fourth-order valence-electron chi connectivity index (χ4n) is 3.67. The summed E-state index contributed by atoms with van der Waals surface area (Å²) in [6.07, 6.45) is 7.29. The monoisotopic (exact) mass is 345 g/mol. The Labute approximate surface area is 148 Å². The first-order chi connectivity index (χ1) is 12.2. The smallest absolute Gasteiger partial charge is 0.315 e. The van der Waals surface area contributed by atoms with E-state index in [9.17, 15) is 9.59 Å². The first-order valence-electron chi connectivity index (χ1n) is 9.17. The number of benzene rings is 1. The van der Waals surface area contributed by atoms with Crippen LogP contribution in [0.1, 0.15) is 44.9 Å². The lowest BCUT2D eigenvalue weighted by atomic mass is 10.1. The summed E-state index contributed by atoms with van der Waals surface area (Å²) >= 11 is 0. The van der Waals surface area contributed by atoms with Crippen molar-refractivity contribution in [3.63, 3.8) is 0 Å². The van der Waals surface area contributed by atoms with Crippen LogP contribution < -0.4 is 20.3 Å². The molecule has 0 unspecified atom stereocenters. The Morgan fingerprint density at radius 2 is 1.84 bits per heavy atom. The van der Waals surface area contributed by atoms with E-state index in [2.05, 4.69) is 10.6 Å². The Balaban J connectivity index is 1.54. The number of hydrogen-bond acceptors (Lipinski definition) is 3. The molecule has 0 aromatic heterocycles. The van der Waals surface area contributed by atoms with Gasteiger partial charge < -0.3 is 20.3 Å². The molecule has 1 atom stereocenters. The van der Waals surface area contributed by atoms with E-state index in [0.717, 1.165) is 18.5 Å². The first kappa shape index (κ1) is 17.6. The number of hydrogen-bond donors (Lipinski definition) is 2. The molecule has 0 bridgehead atoms. The van der Waals surface area contributed by atoms with Crippen LogP contribution in [-0.4, -0.2) is 37.7 Å². The Kier molecular flexibility index (Phi) is 5.79. The van der Waals surface area contributed by atoms with Gasteiger partial charge in [-0.2, -0.15) is 0 Å². The standard InChI is InChI=1S/C19H27N3O3/c1-25-17-10-6-9-16(12-17)22-13-15(11-18(22)23)21-19(24)20-14-7-4-2-3-5-8-14/h6,9-10,12,14-15H,2-5,7-8,11,13H2,1H3,(H2,20,21,24)/t15-/m0/s1. The fraction of sp³-hybridized carbons (Fsp3) is 0.579. The molecule has 1 aliphatic heterocycles. The van der Waals surface area contributed by atoms with Crippen molar-refractivity contribution < 1.29 is 14.3 Å². The molecular weight excluding hydrogens is 318 g/mol. The number of ether oxygens (including phenoxy) is 1. The molecule has 2 aliphatic rings. The second-order valence-corrected chi connectivity index (χ2v) is 6.91. The van der Waals surface area contributed by atoms with Crippen molar-refractivity contribution in [2.45, 2.75) is 57.0 Å². The number of rotatable bonds is 4. The van der Waals surface area contributed by atoms with Crippen LogP contribution >= 0.6 is 0 Å². The van der Waals surface area contributed by atoms with Crippen LogP contribution in [0.15, 0.2) is 24.3 Å². The lowest BCUT2D eigenvalue weighted by Crippen LogP contribution is -2.47. The van der Waals surface area contributed by atoms with E-state index in [1.54, 1.807) is 12.0 Å². The van der Waals surface area contributed by atoms with Crippen molar-refractivity contribution in [2.24, 2.45) is 0 Å². The molecule has 3 amide bonds. The van der Waals surface area contributed by atoms with Crippen LogP contribution in [0.4, 0.5) is 10.5 Å². The number of carbonyl (C=O) groups is 2. The molecule has 6 heteroatoms. The van der Waals surface area contributed by atoms with Crippen LogP contribution in [-0.2, 0) is 4.79 Å². The first-order valence-corrected chi connectivity index (χ1v) is 9.17. The molecule has 1 aliphatic carbocycles. The normalized spacial score (nSPS) is 21.7. The Morgan fingerprint density at radius 3 is 2.56 bits per heavy atom. The van der Waals surface area contributed by atoms with Crippen LogP contribution in [0.25, 0.3) is 0 Å². The van der Waals surface area contributed by atoms with Gasteiger partial charge in [0.2, 0.25) is 5.91 Å². The zero-order chi connectivity index (χ0) is 17.6. The number of nitrogens with zero attached hydrogens (tertiary/aromatic N) is 1. The molecule has 6 nitrogen and oxygen atoms in total. The molecule has 0 spiro atoms. The van der Waals surface area contributed by atoms with E-state index >= 15 is 0 Å². The van der Waals surface area contributed by atoms with Gasteiger partial charge in [-0.3, -0.25) is 4.79 Å². The van der Waals surface area contributed by atoms with Crippen LogP contribution in [0.5, 0.6) is 5.75 Å². The minimum absolute atomic E-state index is 0.0213. The molecule has 1 heterocycles. The molecule has 25 heavy (non-hydrogen) atoms.